The van der Waals surface area contributed by atoms with Crippen LogP contribution in [0.15, 0.2) is 51.9 Å². The Hall–Kier alpha value is -3.51. The van der Waals surface area contributed by atoms with Crippen molar-refractivity contribution in [3.05, 3.63) is 52.9 Å². The highest BCUT2D eigenvalue weighted by atomic mass is 16.7. The van der Waals surface area contributed by atoms with Gasteiger partial charge in [0.2, 0.25) is 11.7 Å². The van der Waals surface area contributed by atoms with Gasteiger partial charge in [0.15, 0.2) is 12.6 Å². The molecule has 15 unspecified atom stereocenters. The fourth-order valence-corrected chi connectivity index (χ4v) is 6.26. The van der Waals surface area contributed by atoms with E-state index in [9.17, 15) is 61.0 Å². The van der Waals surface area contributed by atoms with Crippen LogP contribution in [0.1, 0.15) is 6.92 Å². The maximum absolute atomic E-state index is 13.2. The number of fused-ring (bicyclic) bond motifs is 1. The molecule has 6 rings (SSSR count). The van der Waals surface area contributed by atoms with Crippen LogP contribution in [0.3, 0.4) is 0 Å². The van der Waals surface area contributed by atoms with E-state index in [0.29, 0.717) is 5.56 Å². The molecule has 0 amide bonds. The van der Waals surface area contributed by atoms with Crippen molar-refractivity contribution in [1.29, 1.82) is 0 Å². The predicted molar refractivity (Wildman–Crippen MR) is 169 cm³/mol. The molecule has 0 saturated carbocycles. The van der Waals surface area contributed by atoms with E-state index in [0.717, 1.165) is 12.3 Å². The molecule has 15 atom stereocenters. The Morgan fingerprint density at radius 2 is 1.33 bits per heavy atom. The monoisotopic (exact) mass is 740 g/mol. The first-order valence-electron chi connectivity index (χ1n) is 16.2. The number of hydrogen-bond acceptors (Lipinski definition) is 19. The van der Waals surface area contributed by atoms with Crippen LogP contribution in [-0.4, -0.2) is 162 Å². The lowest BCUT2D eigenvalue weighted by Gasteiger charge is -2.46. The zero-order valence-electron chi connectivity index (χ0n) is 27.3. The highest BCUT2D eigenvalue weighted by Gasteiger charge is 2.51. The molecule has 3 aromatic rings. The molecule has 3 aliphatic heterocycles. The number of rotatable bonds is 9. The predicted octanol–water partition coefficient (Wildman–Crippen LogP) is -3.27. The number of benzene rings is 2. The van der Waals surface area contributed by atoms with Gasteiger partial charge in [-0.2, -0.15) is 0 Å². The smallest absolute Gasteiger partial charge is 0.229 e. The molecule has 3 saturated heterocycles. The van der Waals surface area contributed by atoms with E-state index in [-0.39, 0.29) is 28.0 Å². The van der Waals surface area contributed by atoms with Crippen LogP contribution in [0.2, 0.25) is 0 Å². The molecule has 19 nitrogen and oxygen atoms in total. The molecular formula is C33H40O19. The van der Waals surface area contributed by atoms with Gasteiger partial charge in [-0.3, -0.25) is 4.79 Å². The molecule has 11 N–H and O–H groups in total. The van der Waals surface area contributed by atoms with Gasteiger partial charge in [0, 0.05) is 12.1 Å². The lowest BCUT2D eigenvalue weighted by atomic mass is 9.97. The molecule has 1 aromatic heterocycles. The van der Waals surface area contributed by atoms with E-state index in [1.807, 2.05) is 0 Å². The van der Waals surface area contributed by atoms with Gasteiger partial charge in [0.25, 0.3) is 0 Å². The molecule has 0 spiro atoms. The largest absolute Gasteiger partial charge is 0.508 e. The molecule has 2 aromatic carbocycles. The van der Waals surface area contributed by atoms with Gasteiger partial charge >= 0.3 is 0 Å². The second-order valence-electron chi connectivity index (χ2n) is 12.8. The molecule has 0 bridgehead atoms. The quantitative estimate of drug-likeness (QED) is 0.102. The average molecular weight is 741 g/mol. The van der Waals surface area contributed by atoms with Crippen LogP contribution in [0.5, 0.6) is 17.2 Å². The Labute approximate surface area is 293 Å². The Balaban J connectivity index is 1.11. The fourth-order valence-electron chi connectivity index (χ4n) is 6.26. The Kier molecular flexibility index (Phi) is 11.4. The number of aromatic hydroxyl groups is 2. The maximum Gasteiger partial charge on any atom is 0.229 e. The molecular weight excluding hydrogens is 700 g/mol. The van der Waals surface area contributed by atoms with Crippen LogP contribution in [0.25, 0.3) is 22.1 Å². The van der Waals surface area contributed by atoms with E-state index in [1.165, 1.54) is 37.3 Å². The summed E-state index contributed by atoms with van der Waals surface area (Å²) in [5.74, 6) is -0.717. The van der Waals surface area contributed by atoms with Crippen LogP contribution < -0.4 is 10.2 Å². The van der Waals surface area contributed by atoms with Crippen LogP contribution in [-0.2, 0) is 23.7 Å². The fraction of sp³-hybridized carbons (Fsp3) is 0.545. The molecule has 52 heavy (non-hydrogen) atoms. The SMILES string of the molecule is CC1OC(OCC2OC(Oc3cc(O)c4c(=O)c(-c5ccc(O)cc5)coc4c3)C(O)C(O)C2O)C(O)C(O)C1OC1OC(CO)C(O)C(O)C1O. The van der Waals surface area contributed by atoms with E-state index in [2.05, 4.69) is 0 Å². The Morgan fingerprint density at radius 3 is 2.00 bits per heavy atom. The normalized spacial score (nSPS) is 38.3. The summed E-state index contributed by atoms with van der Waals surface area (Å²) in [6.07, 6.45) is -23.0. The van der Waals surface area contributed by atoms with Crippen molar-refractivity contribution in [2.24, 2.45) is 0 Å². The molecule has 3 aliphatic rings. The molecule has 0 radical (unpaired) electrons. The van der Waals surface area contributed by atoms with Crippen molar-refractivity contribution in [2.75, 3.05) is 13.2 Å². The molecule has 3 fully saturated rings. The second kappa shape index (κ2) is 15.5. The number of aliphatic hydroxyl groups excluding tert-OH is 9. The van der Waals surface area contributed by atoms with Gasteiger partial charge in [0.1, 0.15) is 102 Å². The molecule has 4 heterocycles. The van der Waals surface area contributed by atoms with Crippen molar-refractivity contribution >= 4 is 11.0 Å². The van der Waals surface area contributed by atoms with Crippen LogP contribution in [0, 0.1) is 0 Å². The van der Waals surface area contributed by atoms with Gasteiger partial charge in [-0.05, 0) is 24.6 Å². The van der Waals surface area contributed by atoms with Gasteiger partial charge in [-0.15, -0.1) is 0 Å². The number of aliphatic hydroxyl groups is 9. The van der Waals surface area contributed by atoms with Crippen molar-refractivity contribution in [3.63, 3.8) is 0 Å². The summed E-state index contributed by atoms with van der Waals surface area (Å²) in [5, 5.41) is 113. The highest BCUT2D eigenvalue weighted by molar-refractivity contribution is 5.88. The summed E-state index contributed by atoms with van der Waals surface area (Å²) in [4.78, 5) is 13.2. The summed E-state index contributed by atoms with van der Waals surface area (Å²) in [5.41, 5.74) is -0.158. The first-order valence-corrected chi connectivity index (χ1v) is 16.2. The van der Waals surface area contributed by atoms with E-state index >= 15 is 0 Å². The number of hydrogen-bond donors (Lipinski definition) is 11. The lowest BCUT2D eigenvalue weighted by Crippen LogP contribution is -2.64. The number of ether oxygens (including phenoxy) is 6. The maximum atomic E-state index is 13.2. The second-order valence-corrected chi connectivity index (χ2v) is 12.8. The van der Waals surface area contributed by atoms with Crippen molar-refractivity contribution in [1.82, 2.24) is 0 Å². The molecule has 0 aliphatic carbocycles. The number of phenols is 2. The van der Waals surface area contributed by atoms with Gasteiger partial charge in [-0.1, -0.05) is 12.1 Å². The van der Waals surface area contributed by atoms with Crippen molar-refractivity contribution in [3.8, 4) is 28.4 Å². The Bertz CT molecular complexity index is 1730. The van der Waals surface area contributed by atoms with Crippen LogP contribution in [0.4, 0.5) is 0 Å². The minimum atomic E-state index is -1.84. The van der Waals surface area contributed by atoms with Crippen LogP contribution >= 0.6 is 0 Å². The molecule has 286 valence electrons. The standard InChI is InChI=1S/C33H40O19/c1-11-30(52-33-28(44)24(40)22(38)18(8-34)50-33)26(42)29(45)31(48-11)47-10-19-23(39)25(41)27(43)32(51-19)49-14-6-16(36)20-17(7-14)46-9-15(21(20)37)12-2-4-13(35)5-3-12/h2-7,9,11,18-19,22-36,38-45H,8,10H2,1H3. The zero-order chi connectivity index (χ0) is 37.6. The highest BCUT2D eigenvalue weighted by Crippen LogP contribution is 2.34. The topological polar surface area (TPSA) is 308 Å². The van der Waals surface area contributed by atoms with Gasteiger partial charge in [0.05, 0.1) is 24.9 Å². The van der Waals surface area contributed by atoms with E-state index < -0.39 is 117 Å². The lowest BCUT2D eigenvalue weighted by molar-refractivity contribution is -0.359. The Morgan fingerprint density at radius 1 is 0.712 bits per heavy atom. The zero-order valence-corrected chi connectivity index (χ0v) is 27.3. The minimum absolute atomic E-state index is 0.0123. The molecule has 19 heteroatoms. The van der Waals surface area contributed by atoms with Crippen molar-refractivity contribution in [2.45, 2.75) is 99.0 Å². The summed E-state index contributed by atoms with van der Waals surface area (Å²) < 4.78 is 39.0. The third kappa shape index (κ3) is 7.34. The van der Waals surface area contributed by atoms with E-state index in [4.69, 9.17) is 32.8 Å². The number of phenolic OH excluding ortho intramolecular Hbond substituents is 2. The van der Waals surface area contributed by atoms with E-state index in [1.54, 1.807) is 0 Å². The third-order valence-corrected chi connectivity index (χ3v) is 9.27. The van der Waals surface area contributed by atoms with Gasteiger partial charge in [-0.25, -0.2) is 0 Å². The third-order valence-electron chi connectivity index (χ3n) is 9.27. The van der Waals surface area contributed by atoms with Gasteiger partial charge < -0.3 is 89.0 Å². The minimum Gasteiger partial charge on any atom is -0.508 e. The first-order chi connectivity index (χ1) is 24.7. The summed E-state index contributed by atoms with van der Waals surface area (Å²) in [6.45, 7) is 0.106. The summed E-state index contributed by atoms with van der Waals surface area (Å²) in [6, 6.07) is 8.03. The summed E-state index contributed by atoms with van der Waals surface area (Å²) >= 11 is 0. The first kappa shape index (κ1) is 38.2. The average Bonchev–Trinajstić information content (AvgIpc) is 3.12. The van der Waals surface area contributed by atoms with Crippen molar-refractivity contribution < 1.29 is 89.0 Å². The summed E-state index contributed by atoms with van der Waals surface area (Å²) in [7, 11) is 0.